The van der Waals surface area contributed by atoms with Crippen LogP contribution in [-0.2, 0) is 14.3 Å². The number of ketones is 1. The Kier molecular flexibility index (Phi) is 8.40. The summed E-state index contributed by atoms with van der Waals surface area (Å²) in [5.74, 6) is 0.330. The molecular formula is C27H33NO7. The number of ether oxygens (including phenoxy) is 4. The van der Waals surface area contributed by atoms with Crippen LogP contribution in [0.15, 0.2) is 42.0 Å². The highest BCUT2D eigenvalue weighted by atomic mass is 16.5. The normalized spacial score (nSPS) is 17.2. The summed E-state index contributed by atoms with van der Waals surface area (Å²) in [7, 11) is 4.56. The minimum absolute atomic E-state index is 0.00794. The number of benzene rings is 2. The molecule has 2 aromatic rings. The highest BCUT2D eigenvalue weighted by Gasteiger charge is 2.46. The van der Waals surface area contributed by atoms with E-state index in [0.29, 0.717) is 40.9 Å². The average molecular weight is 484 g/mol. The molecule has 1 amide bonds. The van der Waals surface area contributed by atoms with Crippen molar-refractivity contribution in [2.75, 3.05) is 41.1 Å². The van der Waals surface area contributed by atoms with Crippen molar-refractivity contribution >= 4 is 17.4 Å². The van der Waals surface area contributed by atoms with E-state index in [1.54, 1.807) is 36.4 Å². The number of hydrogen-bond acceptors (Lipinski definition) is 7. The Balaban J connectivity index is 2.12. The fourth-order valence-corrected chi connectivity index (χ4v) is 4.04. The first-order valence-corrected chi connectivity index (χ1v) is 11.5. The molecule has 1 N–H and O–H groups in total. The average Bonchev–Trinajstić information content (AvgIpc) is 3.10. The number of rotatable bonds is 10. The summed E-state index contributed by atoms with van der Waals surface area (Å²) in [5.41, 5.74) is 1.85. The van der Waals surface area contributed by atoms with Gasteiger partial charge in [-0.1, -0.05) is 19.9 Å². The number of hydrogen-bond donors (Lipinski definition) is 1. The zero-order chi connectivity index (χ0) is 25.7. The van der Waals surface area contributed by atoms with Gasteiger partial charge in [-0.15, -0.1) is 0 Å². The SMILES string of the molecule is COCCN1C(=O)C(=O)/C(=C(/O)c2ccc(OCC(C)C)c(C)c2)[C@@H]1c1ccc(OC)c(OC)c1. The van der Waals surface area contributed by atoms with Crippen molar-refractivity contribution in [1.82, 2.24) is 4.90 Å². The van der Waals surface area contributed by atoms with Gasteiger partial charge in [0.05, 0.1) is 39.0 Å². The number of aliphatic hydroxyl groups is 1. The number of aryl methyl sites for hydroxylation is 1. The Morgan fingerprint density at radius 1 is 1.00 bits per heavy atom. The van der Waals surface area contributed by atoms with Gasteiger partial charge in [0, 0.05) is 19.2 Å². The van der Waals surface area contributed by atoms with Gasteiger partial charge in [-0.25, -0.2) is 0 Å². The van der Waals surface area contributed by atoms with Crippen molar-refractivity contribution < 1.29 is 33.6 Å². The molecule has 188 valence electrons. The molecule has 1 atom stereocenters. The molecule has 0 bridgehead atoms. The minimum atomic E-state index is -0.817. The Morgan fingerprint density at radius 2 is 1.69 bits per heavy atom. The van der Waals surface area contributed by atoms with E-state index < -0.39 is 17.7 Å². The first kappa shape index (κ1) is 26.1. The van der Waals surface area contributed by atoms with E-state index in [9.17, 15) is 14.7 Å². The predicted octanol–water partition coefficient (Wildman–Crippen LogP) is 4.12. The molecule has 8 heteroatoms. The van der Waals surface area contributed by atoms with Crippen LogP contribution in [-0.4, -0.2) is 62.8 Å². The lowest BCUT2D eigenvalue weighted by atomic mass is 9.94. The van der Waals surface area contributed by atoms with E-state index in [0.717, 1.165) is 5.56 Å². The largest absolute Gasteiger partial charge is 0.507 e. The van der Waals surface area contributed by atoms with Gasteiger partial charge in [0.1, 0.15) is 11.5 Å². The van der Waals surface area contributed by atoms with Crippen LogP contribution < -0.4 is 14.2 Å². The number of likely N-dealkylation sites (tertiary alicyclic amines) is 1. The number of Topliss-reactive ketones (excluding diaryl/α,β-unsaturated/α-hetero) is 1. The fourth-order valence-electron chi connectivity index (χ4n) is 4.04. The molecule has 0 spiro atoms. The summed E-state index contributed by atoms with van der Waals surface area (Å²) in [6.45, 7) is 6.97. The minimum Gasteiger partial charge on any atom is -0.507 e. The summed E-state index contributed by atoms with van der Waals surface area (Å²) < 4.78 is 21.7. The van der Waals surface area contributed by atoms with Crippen LogP contribution in [0.25, 0.3) is 5.76 Å². The second-order valence-corrected chi connectivity index (χ2v) is 8.78. The van der Waals surface area contributed by atoms with Gasteiger partial charge in [-0.2, -0.15) is 0 Å². The van der Waals surface area contributed by atoms with Gasteiger partial charge in [0.25, 0.3) is 11.7 Å². The Hall–Kier alpha value is -3.52. The molecule has 1 fully saturated rings. The number of methoxy groups -OCH3 is 3. The Morgan fingerprint density at radius 3 is 2.29 bits per heavy atom. The summed E-state index contributed by atoms with van der Waals surface area (Å²) in [6, 6.07) is 9.54. The smallest absolute Gasteiger partial charge is 0.295 e. The first-order chi connectivity index (χ1) is 16.7. The summed E-state index contributed by atoms with van der Waals surface area (Å²) >= 11 is 0. The molecule has 1 aliphatic heterocycles. The maximum absolute atomic E-state index is 13.2. The van der Waals surface area contributed by atoms with Crippen LogP contribution in [0.1, 0.15) is 36.6 Å². The molecular weight excluding hydrogens is 450 g/mol. The molecule has 2 aromatic carbocycles. The molecule has 0 saturated carbocycles. The molecule has 3 rings (SSSR count). The second kappa shape index (κ2) is 11.3. The van der Waals surface area contributed by atoms with Crippen molar-refractivity contribution in [1.29, 1.82) is 0 Å². The number of carbonyl (C=O) groups excluding carboxylic acids is 2. The van der Waals surface area contributed by atoms with Gasteiger partial charge in [-0.05, 0) is 54.3 Å². The van der Waals surface area contributed by atoms with Crippen LogP contribution in [0, 0.1) is 12.8 Å². The van der Waals surface area contributed by atoms with Gasteiger partial charge in [-0.3, -0.25) is 9.59 Å². The number of carbonyl (C=O) groups is 2. The number of aliphatic hydroxyl groups excluding tert-OH is 1. The summed E-state index contributed by atoms with van der Waals surface area (Å²) in [4.78, 5) is 27.6. The lowest BCUT2D eigenvalue weighted by Crippen LogP contribution is -2.32. The van der Waals surface area contributed by atoms with Crippen LogP contribution in [0.3, 0.4) is 0 Å². The Bertz CT molecular complexity index is 1120. The van der Waals surface area contributed by atoms with Crippen LogP contribution >= 0.6 is 0 Å². The number of amides is 1. The third-order valence-corrected chi connectivity index (χ3v) is 5.82. The monoisotopic (exact) mass is 483 g/mol. The van der Waals surface area contributed by atoms with Crippen LogP contribution in [0.4, 0.5) is 0 Å². The molecule has 8 nitrogen and oxygen atoms in total. The standard InChI is InChI=1S/C27H33NO7/c1-16(2)15-35-20-9-8-19(13-17(20)3)25(29)23-24(28(11-12-32-4)27(31)26(23)30)18-7-10-21(33-5)22(14-18)34-6/h7-10,13-14,16,24,29H,11-12,15H2,1-6H3/b25-23+/t24-/m0/s1. The zero-order valence-corrected chi connectivity index (χ0v) is 21.1. The molecule has 0 unspecified atom stereocenters. The maximum Gasteiger partial charge on any atom is 0.295 e. The molecule has 1 saturated heterocycles. The lowest BCUT2D eigenvalue weighted by molar-refractivity contribution is -0.140. The molecule has 35 heavy (non-hydrogen) atoms. The highest BCUT2D eigenvalue weighted by Crippen LogP contribution is 2.42. The quantitative estimate of drug-likeness (QED) is 0.309. The highest BCUT2D eigenvalue weighted by molar-refractivity contribution is 6.46. The molecule has 0 radical (unpaired) electrons. The van der Waals surface area contributed by atoms with E-state index in [1.165, 1.54) is 26.2 Å². The van der Waals surface area contributed by atoms with E-state index in [-0.39, 0.29) is 24.5 Å². The fraction of sp³-hybridized carbons (Fsp3) is 0.407. The predicted molar refractivity (Wildman–Crippen MR) is 132 cm³/mol. The van der Waals surface area contributed by atoms with Crippen LogP contribution in [0.2, 0.25) is 0 Å². The van der Waals surface area contributed by atoms with Crippen molar-refractivity contribution in [3.05, 3.63) is 58.7 Å². The van der Waals surface area contributed by atoms with Crippen molar-refractivity contribution in [2.45, 2.75) is 26.8 Å². The molecule has 0 aromatic heterocycles. The molecule has 1 heterocycles. The third-order valence-electron chi connectivity index (χ3n) is 5.82. The summed E-state index contributed by atoms with van der Waals surface area (Å²) in [5, 5.41) is 11.3. The van der Waals surface area contributed by atoms with E-state index >= 15 is 0 Å². The van der Waals surface area contributed by atoms with Gasteiger partial charge in [0.15, 0.2) is 11.5 Å². The maximum atomic E-state index is 13.2. The second-order valence-electron chi connectivity index (χ2n) is 8.78. The topological polar surface area (TPSA) is 94.5 Å². The van der Waals surface area contributed by atoms with Gasteiger partial charge < -0.3 is 29.0 Å². The molecule has 0 aliphatic carbocycles. The van der Waals surface area contributed by atoms with Gasteiger partial charge >= 0.3 is 0 Å². The van der Waals surface area contributed by atoms with E-state index in [1.807, 2.05) is 6.92 Å². The third kappa shape index (κ3) is 5.43. The van der Waals surface area contributed by atoms with Crippen LogP contribution in [0.5, 0.6) is 17.2 Å². The first-order valence-electron chi connectivity index (χ1n) is 11.5. The summed E-state index contributed by atoms with van der Waals surface area (Å²) in [6.07, 6.45) is 0. The van der Waals surface area contributed by atoms with E-state index in [4.69, 9.17) is 18.9 Å². The van der Waals surface area contributed by atoms with Crippen molar-refractivity contribution in [3.8, 4) is 17.2 Å². The lowest BCUT2D eigenvalue weighted by Gasteiger charge is -2.25. The van der Waals surface area contributed by atoms with Gasteiger partial charge in [0.2, 0.25) is 0 Å². The molecule has 1 aliphatic rings. The zero-order valence-electron chi connectivity index (χ0n) is 21.1. The van der Waals surface area contributed by atoms with Crippen molar-refractivity contribution in [3.63, 3.8) is 0 Å². The Labute approximate surface area is 206 Å². The van der Waals surface area contributed by atoms with E-state index in [2.05, 4.69) is 13.8 Å². The van der Waals surface area contributed by atoms with Crippen molar-refractivity contribution in [2.24, 2.45) is 5.92 Å². The number of nitrogens with zero attached hydrogens (tertiary/aromatic N) is 1.